The summed E-state index contributed by atoms with van der Waals surface area (Å²) in [5.74, 6) is 0.555. The molecule has 0 amide bonds. The lowest BCUT2D eigenvalue weighted by atomic mass is 10.0. The van der Waals surface area contributed by atoms with Crippen molar-refractivity contribution in [1.29, 1.82) is 0 Å². The van der Waals surface area contributed by atoms with Crippen LogP contribution in [0.1, 0.15) is 11.1 Å². The molecule has 28 heavy (non-hydrogen) atoms. The van der Waals surface area contributed by atoms with Gasteiger partial charge in [-0.25, -0.2) is 4.39 Å². The highest BCUT2D eigenvalue weighted by molar-refractivity contribution is 5.87. The van der Waals surface area contributed by atoms with E-state index in [0.29, 0.717) is 32.9 Å². The van der Waals surface area contributed by atoms with Gasteiger partial charge >= 0.3 is 0 Å². The van der Waals surface area contributed by atoms with Gasteiger partial charge in [-0.1, -0.05) is 42.5 Å². The fourth-order valence-electron chi connectivity index (χ4n) is 2.90. The Morgan fingerprint density at radius 2 is 1.71 bits per heavy atom. The van der Waals surface area contributed by atoms with Crippen LogP contribution < -0.4 is 10.1 Å². The van der Waals surface area contributed by atoms with Crippen LogP contribution >= 0.6 is 12.4 Å². The monoisotopic (exact) mass is 405 g/mol. The number of halogens is 2. The summed E-state index contributed by atoms with van der Waals surface area (Å²) in [5, 5.41) is 14.4. The van der Waals surface area contributed by atoms with Crippen LogP contribution in [0, 0.1) is 5.82 Å². The minimum atomic E-state index is -0.252. The van der Waals surface area contributed by atoms with E-state index in [4.69, 9.17) is 14.6 Å². The van der Waals surface area contributed by atoms with Crippen molar-refractivity contribution in [3.8, 4) is 5.75 Å². The highest BCUT2D eigenvalue weighted by atomic mass is 35.5. The predicted molar refractivity (Wildman–Crippen MR) is 112 cm³/mol. The summed E-state index contributed by atoms with van der Waals surface area (Å²) in [5.41, 5.74) is 2.00. The Labute approximate surface area is 170 Å². The maximum Gasteiger partial charge on any atom is 0.124 e. The number of aliphatic hydroxyl groups is 1. The first-order chi connectivity index (χ1) is 13.3. The highest BCUT2D eigenvalue weighted by Gasteiger charge is 2.09. The topological polar surface area (TPSA) is 50.7 Å². The minimum absolute atomic E-state index is 0. The summed E-state index contributed by atoms with van der Waals surface area (Å²) in [6.07, 6.45) is 0. The van der Waals surface area contributed by atoms with Gasteiger partial charge in [0.1, 0.15) is 18.2 Å². The molecule has 0 unspecified atom stereocenters. The molecule has 2 N–H and O–H groups in total. The third-order valence-corrected chi connectivity index (χ3v) is 4.27. The van der Waals surface area contributed by atoms with E-state index in [1.54, 1.807) is 12.1 Å². The van der Waals surface area contributed by atoms with Gasteiger partial charge in [-0.2, -0.15) is 0 Å². The average Bonchev–Trinajstić information content (AvgIpc) is 2.70. The number of fused-ring (bicyclic) bond motifs is 1. The Bertz CT molecular complexity index is 858. The van der Waals surface area contributed by atoms with Crippen LogP contribution in [0.4, 0.5) is 4.39 Å². The first-order valence-corrected chi connectivity index (χ1v) is 9.05. The van der Waals surface area contributed by atoms with E-state index in [-0.39, 0.29) is 24.8 Å². The number of nitrogens with one attached hydrogen (secondary N) is 1. The molecule has 3 aromatic carbocycles. The van der Waals surface area contributed by atoms with Crippen LogP contribution in [0.5, 0.6) is 5.75 Å². The van der Waals surface area contributed by atoms with Gasteiger partial charge in [0.15, 0.2) is 0 Å². The van der Waals surface area contributed by atoms with Gasteiger partial charge in [0.05, 0.1) is 19.8 Å². The molecule has 0 bridgehead atoms. The van der Waals surface area contributed by atoms with Crippen LogP contribution in [0.3, 0.4) is 0 Å². The van der Waals surface area contributed by atoms with Crippen LogP contribution in [-0.4, -0.2) is 31.5 Å². The van der Waals surface area contributed by atoms with E-state index in [9.17, 15) is 4.39 Å². The third-order valence-electron chi connectivity index (χ3n) is 4.27. The first kappa shape index (κ1) is 22.1. The smallest absolute Gasteiger partial charge is 0.124 e. The summed E-state index contributed by atoms with van der Waals surface area (Å²) in [4.78, 5) is 0. The van der Waals surface area contributed by atoms with E-state index in [1.807, 2.05) is 24.3 Å². The number of benzene rings is 3. The molecule has 3 rings (SSSR count). The second-order valence-electron chi connectivity index (χ2n) is 6.19. The lowest BCUT2D eigenvalue weighted by Gasteiger charge is -2.15. The number of rotatable bonds is 10. The van der Waals surface area contributed by atoms with Crippen LogP contribution in [0.15, 0.2) is 60.7 Å². The molecule has 6 heteroatoms. The zero-order chi connectivity index (χ0) is 18.9. The second kappa shape index (κ2) is 11.6. The molecule has 0 aromatic heterocycles. The third kappa shape index (κ3) is 6.17. The molecule has 0 fully saturated rings. The Kier molecular flexibility index (Phi) is 9.17. The van der Waals surface area contributed by atoms with E-state index in [1.165, 1.54) is 12.1 Å². The van der Waals surface area contributed by atoms with Gasteiger partial charge in [-0.05, 0) is 34.5 Å². The Hall–Kier alpha value is -2.18. The number of aliphatic hydroxyl groups excluding tert-OH is 1. The molecule has 0 aliphatic rings. The zero-order valence-corrected chi connectivity index (χ0v) is 16.4. The highest BCUT2D eigenvalue weighted by Crippen LogP contribution is 2.28. The van der Waals surface area contributed by atoms with Crippen LogP contribution in [0.25, 0.3) is 10.8 Å². The summed E-state index contributed by atoms with van der Waals surface area (Å²) < 4.78 is 24.4. The van der Waals surface area contributed by atoms with Gasteiger partial charge in [-0.3, -0.25) is 0 Å². The largest absolute Gasteiger partial charge is 0.489 e. The van der Waals surface area contributed by atoms with Crippen LogP contribution in [0.2, 0.25) is 0 Å². The molecule has 0 heterocycles. The molecule has 150 valence electrons. The molecule has 0 spiro atoms. The molecule has 4 nitrogen and oxygen atoms in total. The van der Waals surface area contributed by atoms with Crippen molar-refractivity contribution in [2.75, 3.05) is 26.4 Å². The van der Waals surface area contributed by atoms with Crippen molar-refractivity contribution in [2.24, 2.45) is 0 Å². The van der Waals surface area contributed by atoms with Crippen molar-refractivity contribution in [1.82, 2.24) is 5.32 Å². The fraction of sp³-hybridized carbons (Fsp3) is 0.273. The van der Waals surface area contributed by atoms with Crippen molar-refractivity contribution in [3.05, 3.63) is 77.6 Å². The van der Waals surface area contributed by atoms with Gasteiger partial charge in [0, 0.05) is 18.7 Å². The second-order valence-corrected chi connectivity index (χ2v) is 6.19. The van der Waals surface area contributed by atoms with Gasteiger partial charge < -0.3 is 19.9 Å². The zero-order valence-electron chi connectivity index (χ0n) is 15.6. The fourth-order valence-corrected chi connectivity index (χ4v) is 2.90. The normalized spacial score (nSPS) is 10.6. The maximum absolute atomic E-state index is 13.1. The molecular formula is C22H25ClFNO3. The van der Waals surface area contributed by atoms with E-state index in [2.05, 4.69) is 17.4 Å². The molecular weight excluding hydrogens is 381 g/mol. The van der Waals surface area contributed by atoms with Crippen molar-refractivity contribution in [2.45, 2.75) is 13.2 Å². The first-order valence-electron chi connectivity index (χ1n) is 9.05. The van der Waals surface area contributed by atoms with E-state index < -0.39 is 0 Å². The van der Waals surface area contributed by atoms with E-state index in [0.717, 1.165) is 27.6 Å². The van der Waals surface area contributed by atoms with Crippen molar-refractivity contribution in [3.63, 3.8) is 0 Å². The SMILES string of the molecule is Cl.OCCOCCNCc1c(OCc2ccc(F)cc2)ccc2ccccc12. The predicted octanol–water partition coefficient (Wildman–Crippen LogP) is 4.08. The van der Waals surface area contributed by atoms with Gasteiger partial charge in [0.2, 0.25) is 0 Å². The summed E-state index contributed by atoms with van der Waals surface area (Å²) >= 11 is 0. The van der Waals surface area contributed by atoms with Crippen molar-refractivity contribution >= 4 is 23.2 Å². The molecule has 0 aliphatic carbocycles. The molecule has 0 saturated carbocycles. The maximum atomic E-state index is 13.1. The Morgan fingerprint density at radius 3 is 2.50 bits per heavy atom. The summed E-state index contributed by atoms with van der Waals surface area (Å²) in [7, 11) is 0. The lowest BCUT2D eigenvalue weighted by molar-refractivity contribution is 0.0938. The lowest BCUT2D eigenvalue weighted by Crippen LogP contribution is -2.20. The molecule has 0 radical (unpaired) electrons. The molecule has 0 aliphatic heterocycles. The number of hydrogen-bond acceptors (Lipinski definition) is 4. The van der Waals surface area contributed by atoms with E-state index >= 15 is 0 Å². The molecule has 3 aromatic rings. The molecule has 0 saturated heterocycles. The minimum Gasteiger partial charge on any atom is -0.489 e. The van der Waals surface area contributed by atoms with Gasteiger partial charge in [0.25, 0.3) is 0 Å². The van der Waals surface area contributed by atoms with Gasteiger partial charge in [-0.15, -0.1) is 12.4 Å². The number of hydrogen-bond donors (Lipinski definition) is 2. The number of ether oxygens (including phenoxy) is 2. The summed E-state index contributed by atoms with van der Waals surface area (Å²) in [6.45, 7) is 2.62. The standard InChI is InChI=1S/C22H24FNO3.ClH/c23-19-8-5-17(6-9-19)16-27-22-10-7-18-3-1-2-4-20(18)21(22)15-24-11-13-26-14-12-25;/h1-10,24-25H,11-16H2;1H. The van der Waals surface area contributed by atoms with Crippen LogP contribution in [-0.2, 0) is 17.9 Å². The Balaban J connectivity index is 0.00000280. The molecule has 0 atom stereocenters. The Morgan fingerprint density at radius 1 is 0.929 bits per heavy atom. The average molecular weight is 406 g/mol. The van der Waals surface area contributed by atoms with Crippen molar-refractivity contribution < 1.29 is 19.0 Å². The quantitative estimate of drug-likeness (QED) is 0.499. The summed E-state index contributed by atoms with van der Waals surface area (Å²) in [6, 6.07) is 18.5.